The van der Waals surface area contributed by atoms with Gasteiger partial charge in [-0.1, -0.05) is 12.1 Å². The molecule has 0 aliphatic carbocycles. The van der Waals surface area contributed by atoms with Crippen LogP contribution in [0.15, 0.2) is 42.5 Å². The number of rotatable bonds is 6. The molecule has 0 atom stereocenters. The van der Waals surface area contributed by atoms with Crippen LogP contribution in [0.5, 0.6) is 5.75 Å². The minimum atomic E-state index is -0.325. The summed E-state index contributed by atoms with van der Waals surface area (Å²) in [5, 5.41) is 2.81. The van der Waals surface area contributed by atoms with Crippen molar-refractivity contribution in [2.24, 2.45) is 0 Å². The van der Waals surface area contributed by atoms with Crippen LogP contribution >= 0.6 is 0 Å². The van der Waals surface area contributed by atoms with E-state index in [1.807, 2.05) is 13.8 Å². The Morgan fingerprint density at radius 2 is 1.74 bits per heavy atom. The first-order chi connectivity index (χ1) is 14.9. The zero-order chi connectivity index (χ0) is 22.1. The van der Waals surface area contributed by atoms with Crippen LogP contribution in [0.4, 0.5) is 11.4 Å². The zero-order valence-electron chi connectivity index (χ0n) is 17.4. The largest absolute Gasteiger partial charge is 0.482 e. The van der Waals surface area contributed by atoms with Crippen LogP contribution in [-0.4, -0.2) is 47.7 Å². The number of carbonyl (C=O) groups is 4. The second-order valence-corrected chi connectivity index (χ2v) is 7.79. The highest BCUT2D eigenvalue weighted by atomic mass is 16.5. The summed E-state index contributed by atoms with van der Waals surface area (Å²) >= 11 is 0. The van der Waals surface area contributed by atoms with Gasteiger partial charge < -0.3 is 15.0 Å². The van der Waals surface area contributed by atoms with E-state index in [1.165, 1.54) is 4.90 Å². The number of fused-ring (bicyclic) bond motifs is 2. The summed E-state index contributed by atoms with van der Waals surface area (Å²) < 4.78 is 5.47. The van der Waals surface area contributed by atoms with Crippen molar-refractivity contribution in [1.29, 1.82) is 0 Å². The topological polar surface area (TPSA) is 96.0 Å². The summed E-state index contributed by atoms with van der Waals surface area (Å²) in [6.07, 6.45) is 0.496. The van der Waals surface area contributed by atoms with E-state index in [0.29, 0.717) is 34.7 Å². The van der Waals surface area contributed by atoms with Gasteiger partial charge in [-0.2, -0.15) is 0 Å². The van der Waals surface area contributed by atoms with Gasteiger partial charge in [0.25, 0.3) is 17.7 Å². The predicted molar refractivity (Wildman–Crippen MR) is 114 cm³/mol. The summed E-state index contributed by atoms with van der Waals surface area (Å²) in [4.78, 5) is 52.2. The number of hydrogen-bond donors (Lipinski definition) is 1. The Morgan fingerprint density at radius 3 is 2.39 bits per heavy atom. The van der Waals surface area contributed by atoms with Gasteiger partial charge in [-0.15, -0.1) is 0 Å². The van der Waals surface area contributed by atoms with E-state index >= 15 is 0 Å². The molecule has 160 valence electrons. The smallest absolute Gasteiger partial charge is 0.265 e. The predicted octanol–water partition coefficient (Wildman–Crippen LogP) is 2.84. The average molecular weight is 421 g/mol. The molecule has 8 nitrogen and oxygen atoms in total. The van der Waals surface area contributed by atoms with Crippen molar-refractivity contribution in [1.82, 2.24) is 4.90 Å². The minimum Gasteiger partial charge on any atom is -0.482 e. The molecule has 4 rings (SSSR count). The van der Waals surface area contributed by atoms with Crippen molar-refractivity contribution < 1.29 is 23.9 Å². The van der Waals surface area contributed by atoms with Crippen LogP contribution in [0, 0.1) is 0 Å². The molecule has 0 saturated carbocycles. The van der Waals surface area contributed by atoms with E-state index in [0.717, 1.165) is 0 Å². The van der Waals surface area contributed by atoms with Crippen molar-refractivity contribution in [2.45, 2.75) is 32.7 Å². The maximum atomic E-state index is 12.4. The Balaban J connectivity index is 1.36. The lowest BCUT2D eigenvalue weighted by atomic mass is 10.1. The van der Waals surface area contributed by atoms with Gasteiger partial charge in [0.2, 0.25) is 5.91 Å². The molecule has 2 heterocycles. The quantitative estimate of drug-likeness (QED) is 0.724. The molecule has 0 bridgehead atoms. The molecule has 2 aliphatic heterocycles. The lowest BCUT2D eigenvalue weighted by Crippen LogP contribution is -2.43. The van der Waals surface area contributed by atoms with E-state index in [1.54, 1.807) is 47.4 Å². The number of ether oxygens (including phenoxy) is 1. The molecule has 1 N–H and O–H groups in total. The number of imide groups is 1. The fourth-order valence-corrected chi connectivity index (χ4v) is 3.88. The molecule has 0 aromatic heterocycles. The minimum absolute atomic E-state index is 0.00526. The standard InChI is InChI=1S/C23H23N3O5/c1-14(2)26-18-12-15(9-10-19(18)31-13-21(26)28)24-20(27)8-5-11-25-22(29)16-6-3-4-7-17(16)23(25)30/h3-4,6-7,9-10,12,14H,5,8,11,13H2,1-2H3,(H,24,27). The first-order valence-electron chi connectivity index (χ1n) is 10.2. The first kappa shape index (κ1) is 20.6. The van der Waals surface area contributed by atoms with Crippen LogP contribution in [0.1, 0.15) is 47.4 Å². The third-order valence-corrected chi connectivity index (χ3v) is 5.30. The molecule has 2 aliphatic rings. The molecular weight excluding hydrogens is 398 g/mol. The number of hydrogen-bond acceptors (Lipinski definition) is 5. The lowest BCUT2D eigenvalue weighted by molar-refractivity contribution is -0.121. The number of carbonyl (C=O) groups excluding carboxylic acids is 4. The Bertz CT molecular complexity index is 1040. The average Bonchev–Trinajstić information content (AvgIpc) is 2.98. The highest BCUT2D eigenvalue weighted by Crippen LogP contribution is 2.35. The van der Waals surface area contributed by atoms with Crippen molar-refractivity contribution in [3.05, 3.63) is 53.6 Å². The van der Waals surface area contributed by atoms with Crippen LogP contribution in [0.25, 0.3) is 0 Å². The summed E-state index contributed by atoms with van der Waals surface area (Å²) in [6.45, 7) is 4.00. The van der Waals surface area contributed by atoms with Crippen molar-refractivity contribution in [3.63, 3.8) is 0 Å². The second-order valence-electron chi connectivity index (χ2n) is 7.79. The number of benzene rings is 2. The van der Waals surface area contributed by atoms with Gasteiger partial charge in [-0.3, -0.25) is 24.1 Å². The monoisotopic (exact) mass is 421 g/mol. The van der Waals surface area contributed by atoms with Gasteiger partial charge in [-0.05, 0) is 50.6 Å². The number of nitrogens with one attached hydrogen (secondary N) is 1. The summed E-state index contributed by atoms with van der Waals surface area (Å²) in [7, 11) is 0. The van der Waals surface area contributed by atoms with E-state index in [2.05, 4.69) is 5.32 Å². The van der Waals surface area contributed by atoms with Crippen LogP contribution < -0.4 is 15.0 Å². The highest BCUT2D eigenvalue weighted by Gasteiger charge is 2.34. The van der Waals surface area contributed by atoms with Gasteiger partial charge in [0.15, 0.2) is 6.61 Å². The molecule has 4 amide bonds. The third kappa shape index (κ3) is 3.88. The SMILES string of the molecule is CC(C)N1C(=O)COc2ccc(NC(=O)CCCN3C(=O)c4ccccc4C3=O)cc21. The number of nitrogens with zero attached hydrogens (tertiary/aromatic N) is 2. The van der Waals surface area contributed by atoms with Crippen molar-refractivity contribution in [2.75, 3.05) is 23.4 Å². The highest BCUT2D eigenvalue weighted by molar-refractivity contribution is 6.21. The van der Waals surface area contributed by atoms with Gasteiger partial charge in [-0.25, -0.2) is 0 Å². The van der Waals surface area contributed by atoms with Crippen molar-refractivity contribution in [3.8, 4) is 5.75 Å². The van der Waals surface area contributed by atoms with Gasteiger partial charge in [0.1, 0.15) is 5.75 Å². The normalized spacial score (nSPS) is 15.1. The molecule has 8 heteroatoms. The molecule has 2 aromatic rings. The Morgan fingerprint density at radius 1 is 1.06 bits per heavy atom. The van der Waals surface area contributed by atoms with Crippen LogP contribution in [-0.2, 0) is 9.59 Å². The Labute approximate surface area is 179 Å². The fourth-order valence-electron chi connectivity index (χ4n) is 3.88. The van der Waals surface area contributed by atoms with Gasteiger partial charge in [0.05, 0.1) is 16.8 Å². The molecular formula is C23H23N3O5. The van der Waals surface area contributed by atoms with Gasteiger partial charge in [0, 0.05) is 24.7 Å². The van der Waals surface area contributed by atoms with Crippen LogP contribution in [0.2, 0.25) is 0 Å². The lowest BCUT2D eigenvalue weighted by Gasteiger charge is -2.32. The molecule has 0 saturated heterocycles. The summed E-state index contributed by atoms with van der Waals surface area (Å²) in [5.74, 6) is -0.428. The molecule has 0 radical (unpaired) electrons. The Hall–Kier alpha value is -3.68. The summed E-state index contributed by atoms with van der Waals surface area (Å²) in [6, 6.07) is 11.8. The molecule has 0 fully saturated rings. The van der Waals surface area contributed by atoms with E-state index in [4.69, 9.17) is 4.74 Å². The molecule has 2 aromatic carbocycles. The summed E-state index contributed by atoms with van der Waals surface area (Å²) in [5.41, 5.74) is 1.97. The van der Waals surface area contributed by atoms with E-state index < -0.39 is 0 Å². The fraction of sp³-hybridized carbons (Fsp3) is 0.304. The molecule has 31 heavy (non-hydrogen) atoms. The second kappa shape index (κ2) is 8.22. The zero-order valence-corrected chi connectivity index (χ0v) is 17.4. The number of amides is 4. The maximum Gasteiger partial charge on any atom is 0.265 e. The van der Waals surface area contributed by atoms with Crippen LogP contribution in [0.3, 0.4) is 0 Å². The third-order valence-electron chi connectivity index (χ3n) is 5.30. The number of anilines is 2. The molecule has 0 unspecified atom stereocenters. The maximum absolute atomic E-state index is 12.4. The Kier molecular flexibility index (Phi) is 5.46. The first-order valence-corrected chi connectivity index (χ1v) is 10.2. The van der Waals surface area contributed by atoms with E-state index in [9.17, 15) is 19.2 Å². The molecule has 0 spiro atoms. The van der Waals surface area contributed by atoms with E-state index in [-0.39, 0.29) is 49.2 Å². The van der Waals surface area contributed by atoms with Crippen molar-refractivity contribution >= 4 is 35.0 Å². The van der Waals surface area contributed by atoms with Gasteiger partial charge >= 0.3 is 0 Å².